The lowest BCUT2D eigenvalue weighted by atomic mass is 10.0. The Morgan fingerprint density at radius 3 is 0.892 bits per heavy atom. The van der Waals surface area contributed by atoms with Gasteiger partial charge in [-0.15, -0.1) is 0 Å². The Bertz CT molecular complexity index is 1640. The Morgan fingerprint density at radius 2 is 0.615 bits per heavy atom. The second kappa shape index (κ2) is 33.6. The molecule has 0 unspecified atom stereocenters. The highest BCUT2D eigenvalue weighted by Crippen LogP contribution is 2.10. The van der Waals surface area contributed by atoms with Crippen LogP contribution in [0.3, 0.4) is 0 Å². The number of hydrogen-bond acceptors (Lipinski definition) is 13. The molecule has 65 heavy (non-hydrogen) atoms. The van der Waals surface area contributed by atoms with E-state index in [0.717, 1.165) is 0 Å². The van der Waals surface area contributed by atoms with E-state index in [4.69, 9.17) is 68.8 Å². The van der Waals surface area contributed by atoms with E-state index in [0.29, 0.717) is 19.3 Å². The van der Waals surface area contributed by atoms with Crippen molar-refractivity contribution in [2.24, 2.45) is 93.8 Å². The van der Waals surface area contributed by atoms with Gasteiger partial charge in [0.15, 0.2) is 29.8 Å². The van der Waals surface area contributed by atoms with Crippen molar-refractivity contribution in [1.82, 2.24) is 26.6 Å². The standard InChI is InChI=1S/C36H74N22O7/c37-14-2-1-9-21(55-28(61)22(10-4-16-50-33(41)42)54-26(59)20(38)8-3-15-49-32(39)40)27(60)56-23(11-5-17-51-34(43)44)29(62)57-24(12-6-18-52-35(45)46)30(63)58-25(31(64)65)13-7-19-53-36(47)48/h20-25H,1-19,37-38H2,(H,54,59)(H,55,61)(H,56,60)(H,57,62)(H,58,63)(H,64,65)(H4,39,40,49)(H4,41,42,50)(H4,43,44,51)(H4,45,46,52)(H4,47,48,53)/t20-,21-,22-,23-,24-,25-/m1/s1. The Kier molecular flexibility index (Phi) is 30.0. The van der Waals surface area contributed by atoms with E-state index < -0.39 is 71.8 Å². The number of nitrogens with zero attached hydrogens (tertiary/aromatic N) is 5. The number of amides is 5. The highest BCUT2D eigenvalue weighted by atomic mass is 16.4. The molecule has 0 aromatic heterocycles. The molecule has 0 radical (unpaired) electrons. The largest absolute Gasteiger partial charge is 0.480 e. The van der Waals surface area contributed by atoms with Gasteiger partial charge in [-0.2, -0.15) is 0 Å². The van der Waals surface area contributed by atoms with Crippen LogP contribution < -0.4 is 95.4 Å². The van der Waals surface area contributed by atoms with Gasteiger partial charge in [-0.1, -0.05) is 0 Å². The molecular formula is C36H74N22O7. The van der Waals surface area contributed by atoms with Crippen molar-refractivity contribution < 1.29 is 33.9 Å². The summed E-state index contributed by atoms with van der Waals surface area (Å²) in [7, 11) is 0. The van der Waals surface area contributed by atoms with E-state index in [1.807, 2.05) is 0 Å². The van der Waals surface area contributed by atoms with Crippen LogP contribution >= 0.6 is 0 Å². The summed E-state index contributed by atoms with van der Waals surface area (Å²) in [5, 5.41) is 22.9. The molecule has 29 heteroatoms. The fourth-order valence-corrected chi connectivity index (χ4v) is 5.86. The van der Waals surface area contributed by atoms with Crippen LogP contribution in [0.2, 0.25) is 0 Å². The molecule has 0 rings (SSSR count). The second-order valence-electron chi connectivity index (χ2n) is 14.8. The number of aliphatic imine (C=N–C) groups is 5. The summed E-state index contributed by atoms with van der Waals surface area (Å²) < 4.78 is 0. The van der Waals surface area contributed by atoms with Crippen LogP contribution in [0.4, 0.5) is 0 Å². The van der Waals surface area contributed by atoms with Crippen molar-refractivity contribution in [2.45, 2.75) is 120 Å². The first kappa shape index (κ1) is 58.1. The molecule has 0 heterocycles. The maximum Gasteiger partial charge on any atom is 0.326 e. The van der Waals surface area contributed by atoms with E-state index >= 15 is 0 Å². The molecule has 0 aliphatic rings. The molecule has 0 bridgehead atoms. The third-order valence-corrected chi connectivity index (χ3v) is 9.18. The third-order valence-electron chi connectivity index (χ3n) is 9.18. The minimum absolute atomic E-state index is 0.0354. The van der Waals surface area contributed by atoms with Crippen LogP contribution in [0.15, 0.2) is 25.0 Å². The number of carbonyl (C=O) groups is 6. The van der Waals surface area contributed by atoms with Crippen molar-refractivity contribution >= 4 is 65.3 Å². The molecule has 0 aromatic rings. The predicted molar refractivity (Wildman–Crippen MR) is 248 cm³/mol. The number of carboxylic acids is 1. The van der Waals surface area contributed by atoms with E-state index in [1.165, 1.54) is 0 Å². The van der Waals surface area contributed by atoms with Crippen LogP contribution in [0.5, 0.6) is 0 Å². The maximum absolute atomic E-state index is 14.1. The highest BCUT2D eigenvalue weighted by molar-refractivity contribution is 5.96. The lowest BCUT2D eigenvalue weighted by Crippen LogP contribution is -2.59. The smallest absolute Gasteiger partial charge is 0.326 e. The molecule has 0 saturated carbocycles. The average molecular weight is 927 g/mol. The Hall–Kier alpha value is -6.91. The molecule has 6 atom stereocenters. The van der Waals surface area contributed by atoms with Gasteiger partial charge in [0.1, 0.15) is 30.2 Å². The number of hydrogen-bond donors (Lipinski definition) is 18. The minimum Gasteiger partial charge on any atom is -0.480 e. The summed E-state index contributed by atoms with van der Waals surface area (Å²) in [6, 6.07) is -7.57. The van der Waals surface area contributed by atoms with Crippen molar-refractivity contribution in [1.29, 1.82) is 0 Å². The highest BCUT2D eigenvalue weighted by Gasteiger charge is 2.32. The van der Waals surface area contributed by atoms with Gasteiger partial charge in [-0.3, -0.25) is 48.9 Å². The number of aliphatic carboxylic acids is 1. The summed E-state index contributed by atoms with van der Waals surface area (Å²) in [5.41, 5.74) is 66.0. The van der Waals surface area contributed by atoms with Gasteiger partial charge in [-0.05, 0) is 90.0 Å². The average Bonchev–Trinajstić information content (AvgIpc) is 3.22. The molecule has 0 spiro atoms. The number of carbonyl (C=O) groups excluding carboxylic acids is 5. The first-order valence-electron chi connectivity index (χ1n) is 21.2. The van der Waals surface area contributed by atoms with Crippen molar-refractivity contribution in [2.75, 3.05) is 39.3 Å². The number of carboxylic acid groups (broad SMARTS) is 1. The lowest BCUT2D eigenvalue weighted by Gasteiger charge is -2.27. The van der Waals surface area contributed by atoms with E-state index in [-0.39, 0.29) is 133 Å². The summed E-state index contributed by atoms with van der Waals surface area (Å²) in [6.07, 6.45) is 2.08. The first-order chi connectivity index (χ1) is 30.7. The van der Waals surface area contributed by atoms with Crippen molar-refractivity contribution in [3.8, 4) is 0 Å². The molecule has 29 nitrogen and oxygen atoms in total. The van der Waals surface area contributed by atoms with Crippen molar-refractivity contribution in [3.63, 3.8) is 0 Å². The van der Waals surface area contributed by atoms with Crippen molar-refractivity contribution in [3.05, 3.63) is 0 Å². The summed E-state index contributed by atoms with van der Waals surface area (Å²) >= 11 is 0. The van der Waals surface area contributed by atoms with Gasteiger partial charge >= 0.3 is 5.97 Å². The van der Waals surface area contributed by atoms with E-state index in [2.05, 4.69) is 51.5 Å². The lowest BCUT2D eigenvalue weighted by molar-refractivity contribution is -0.142. The van der Waals surface area contributed by atoms with Gasteiger partial charge < -0.3 is 100 Å². The molecule has 30 N–H and O–H groups in total. The zero-order chi connectivity index (χ0) is 49.3. The first-order valence-corrected chi connectivity index (χ1v) is 21.2. The second-order valence-corrected chi connectivity index (χ2v) is 14.8. The molecule has 0 aliphatic heterocycles. The van der Waals surface area contributed by atoms with Crippen LogP contribution in [0.25, 0.3) is 0 Å². The normalized spacial score (nSPS) is 13.4. The van der Waals surface area contributed by atoms with Crippen LogP contribution in [0, 0.1) is 0 Å². The third kappa shape index (κ3) is 29.2. The summed E-state index contributed by atoms with van der Waals surface area (Å²) in [6.45, 7) is 0.828. The molecule has 0 aliphatic carbocycles. The van der Waals surface area contributed by atoms with Gasteiger partial charge in [0.25, 0.3) is 0 Å². The molecule has 5 amide bonds. The van der Waals surface area contributed by atoms with E-state index in [1.54, 1.807) is 0 Å². The van der Waals surface area contributed by atoms with Gasteiger partial charge in [-0.25, -0.2) is 4.79 Å². The molecule has 0 saturated heterocycles. The Morgan fingerprint density at radius 1 is 0.369 bits per heavy atom. The number of guanidine groups is 5. The van der Waals surface area contributed by atoms with Gasteiger partial charge in [0, 0.05) is 32.7 Å². The maximum atomic E-state index is 14.1. The fourth-order valence-electron chi connectivity index (χ4n) is 5.86. The monoisotopic (exact) mass is 927 g/mol. The van der Waals surface area contributed by atoms with Crippen LogP contribution in [-0.4, -0.2) is 146 Å². The number of nitrogens with one attached hydrogen (secondary N) is 5. The van der Waals surface area contributed by atoms with Gasteiger partial charge in [0.05, 0.1) is 6.04 Å². The minimum atomic E-state index is -1.38. The predicted octanol–water partition coefficient (Wildman–Crippen LogP) is -7.78. The summed E-state index contributed by atoms with van der Waals surface area (Å²) in [5.74, 6) is -6.14. The van der Waals surface area contributed by atoms with Gasteiger partial charge in [0.2, 0.25) is 29.5 Å². The van der Waals surface area contributed by atoms with Crippen LogP contribution in [-0.2, 0) is 28.8 Å². The van der Waals surface area contributed by atoms with Crippen LogP contribution in [0.1, 0.15) is 83.5 Å². The van der Waals surface area contributed by atoms with E-state index in [9.17, 15) is 33.9 Å². The molecule has 370 valence electrons. The molecule has 0 fully saturated rings. The Labute approximate surface area is 378 Å². The SMILES string of the molecule is NCCCC[C@@H](NC(=O)[C@@H](CCCN=C(N)N)NC(=O)[C@H](N)CCCN=C(N)N)C(=O)N[C@H](CCCN=C(N)N)C(=O)N[C@H](CCCN=C(N)N)C(=O)N[C@H](CCCN=C(N)N)C(=O)O. The number of unbranched alkanes of at least 4 members (excludes halogenated alkanes) is 1. The number of rotatable bonds is 35. The fraction of sp³-hybridized carbons (Fsp3) is 0.694. The molecular weight excluding hydrogens is 853 g/mol. The quantitative estimate of drug-likeness (QED) is 0.0159. The number of nitrogens with two attached hydrogens (primary N) is 12. The Balaban J connectivity index is 6.63. The summed E-state index contributed by atoms with van der Waals surface area (Å²) in [4.78, 5) is 100. The zero-order valence-electron chi connectivity index (χ0n) is 37.0. The molecule has 0 aromatic carbocycles. The topological polar surface area (TPSA) is 557 Å². The zero-order valence-corrected chi connectivity index (χ0v) is 37.0.